The second-order valence-electron chi connectivity index (χ2n) is 3.36. The van der Waals surface area contributed by atoms with Gasteiger partial charge in [0.2, 0.25) is 0 Å². The van der Waals surface area contributed by atoms with Gasteiger partial charge >= 0.3 is 12.1 Å². The summed E-state index contributed by atoms with van der Waals surface area (Å²) in [6.07, 6.45) is -3.43. The standard InChI is InChI=1S/C10H9F3N2O4/c11-10(12,13)5-15-8(16)4-19-6-1-2-7(9(17)18)14-3-6/h1-3H,4-5H2,(H,15,16)(H,17,18). The molecule has 1 amide bonds. The fraction of sp³-hybridized carbons (Fsp3) is 0.300. The Kier molecular flexibility index (Phi) is 4.67. The minimum atomic E-state index is -4.49. The summed E-state index contributed by atoms with van der Waals surface area (Å²) in [5, 5.41) is 10.2. The highest BCUT2D eigenvalue weighted by atomic mass is 19.4. The number of halogens is 3. The highest BCUT2D eigenvalue weighted by Gasteiger charge is 2.27. The van der Waals surface area contributed by atoms with E-state index < -0.39 is 31.2 Å². The number of carboxylic acid groups (broad SMARTS) is 1. The summed E-state index contributed by atoms with van der Waals surface area (Å²) in [6, 6.07) is 2.39. The molecule has 0 bridgehead atoms. The van der Waals surface area contributed by atoms with Crippen molar-refractivity contribution in [2.24, 2.45) is 0 Å². The van der Waals surface area contributed by atoms with Crippen LogP contribution in [0.3, 0.4) is 0 Å². The molecule has 0 fully saturated rings. The van der Waals surface area contributed by atoms with E-state index in [1.54, 1.807) is 5.32 Å². The van der Waals surface area contributed by atoms with Crippen LogP contribution >= 0.6 is 0 Å². The number of ether oxygens (including phenoxy) is 1. The van der Waals surface area contributed by atoms with Gasteiger partial charge in [0.05, 0.1) is 6.20 Å². The van der Waals surface area contributed by atoms with Gasteiger partial charge in [0.15, 0.2) is 6.61 Å². The van der Waals surface area contributed by atoms with Crippen LogP contribution in [0.1, 0.15) is 10.5 Å². The molecule has 0 aliphatic carbocycles. The molecule has 0 aliphatic heterocycles. The first-order valence-electron chi connectivity index (χ1n) is 4.93. The molecule has 2 N–H and O–H groups in total. The Morgan fingerprint density at radius 1 is 1.37 bits per heavy atom. The lowest BCUT2D eigenvalue weighted by atomic mass is 10.3. The van der Waals surface area contributed by atoms with Crippen molar-refractivity contribution in [1.82, 2.24) is 10.3 Å². The minimum absolute atomic E-state index is 0.0761. The zero-order valence-electron chi connectivity index (χ0n) is 9.40. The van der Waals surface area contributed by atoms with E-state index in [4.69, 9.17) is 9.84 Å². The average Bonchev–Trinajstić information content (AvgIpc) is 2.33. The number of hydrogen-bond acceptors (Lipinski definition) is 4. The quantitative estimate of drug-likeness (QED) is 0.833. The molecule has 0 aromatic carbocycles. The number of carbonyl (C=O) groups is 2. The van der Waals surface area contributed by atoms with E-state index in [1.165, 1.54) is 6.07 Å². The number of rotatable bonds is 5. The van der Waals surface area contributed by atoms with Crippen molar-refractivity contribution < 1.29 is 32.6 Å². The zero-order chi connectivity index (χ0) is 14.5. The van der Waals surface area contributed by atoms with Gasteiger partial charge in [0, 0.05) is 0 Å². The van der Waals surface area contributed by atoms with Crippen LogP contribution in [-0.4, -0.2) is 41.3 Å². The summed E-state index contributed by atoms with van der Waals surface area (Å²) in [5.41, 5.74) is -0.214. The molecule has 1 aromatic rings. The highest BCUT2D eigenvalue weighted by molar-refractivity contribution is 5.85. The maximum Gasteiger partial charge on any atom is 0.405 e. The fourth-order valence-electron chi connectivity index (χ4n) is 0.991. The molecule has 9 heteroatoms. The number of pyridine rings is 1. The molecule has 0 radical (unpaired) electrons. The molecular weight excluding hydrogens is 269 g/mol. The molecule has 1 rings (SSSR count). The molecule has 0 atom stereocenters. The lowest BCUT2D eigenvalue weighted by Gasteiger charge is -2.09. The van der Waals surface area contributed by atoms with Crippen LogP contribution in [0.2, 0.25) is 0 Å². The average molecular weight is 278 g/mol. The van der Waals surface area contributed by atoms with Crippen molar-refractivity contribution in [3.8, 4) is 5.75 Å². The van der Waals surface area contributed by atoms with Gasteiger partial charge in [-0.25, -0.2) is 9.78 Å². The van der Waals surface area contributed by atoms with E-state index in [9.17, 15) is 22.8 Å². The third-order valence-corrected chi connectivity index (χ3v) is 1.81. The Hall–Kier alpha value is -2.32. The van der Waals surface area contributed by atoms with Crippen molar-refractivity contribution in [2.75, 3.05) is 13.2 Å². The summed E-state index contributed by atoms with van der Waals surface area (Å²) in [7, 11) is 0. The topological polar surface area (TPSA) is 88.5 Å². The van der Waals surface area contributed by atoms with Gasteiger partial charge in [-0.05, 0) is 12.1 Å². The first-order valence-corrected chi connectivity index (χ1v) is 4.93. The molecule has 1 aromatic heterocycles. The summed E-state index contributed by atoms with van der Waals surface area (Å²) in [5.74, 6) is -2.10. The van der Waals surface area contributed by atoms with Gasteiger partial charge in [-0.1, -0.05) is 0 Å². The monoisotopic (exact) mass is 278 g/mol. The van der Waals surface area contributed by atoms with E-state index in [0.29, 0.717) is 0 Å². The van der Waals surface area contributed by atoms with Crippen molar-refractivity contribution in [3.05, 3.63) is 24.0 Å². The van der Waals surface area contributed by atoms with Crippen LogP contribution in [-0.2, 0) is 4.79 Å². The Labute approximate surface area is 105 Å². The molecule has 0 saturated heterocycles. The number of aromatic carboxylic acids is 1. The SMILES string of the molecule is O=C(COc1ccc(C(=O)O)nc1)NCC(F)(F)F. The van der Waals surface area contributed by atoms with E-state index in [0.717, 1.165) is 12.3 Å². The zero-order valence-corrected chi connectivity index (χ0v) is 9.40. The first-order chi connectivity index (χ1) is 8.78. The molecular formula is C10H9F3N2O4. The molecule has 0 spiro atoms. The predicted octanol–water partition coefficient (Wildman–Crippen LogP) is 0.837. The second kappa shape index (κ2) is 6.03. The molecule has 19 heavy (non-hydrogen) atoms. The Morgan fingerprint density at radius 2 is 2.05 bits per heavy atom. The Morgan fingerprint density at radius 3 is 2.53 bits per heavy atom. The van der Waals surface area contributed by atoms with Crippen LogP contribution < -0.4 is 10.1 Å². The van der Waals surface area contributed by atoms with Crippen LogP contribution in [0.15, 0.2) is 18.3 Å². The molecule has 0 unspecified atom stereocenters. The highest BCUT2D eigenvalue weighted by Crippen LogP contribution is 2.12. The number of nitrogens with zero attached hydrogens (tertiary/aromatic N) is 1. The number of carbonyl (C=O) groups excluding carboxylic acids is 1. The van der Waals surface area contributed by atoms with E-state index in [1.807, 2.05) is 0 Å². The molecule has 6 nitrogen and oxygen atoms in total. The minimum Gasteiger partial charge on any atom is -0.482 e. The van der Waals surface area contributed by atoms with E-state index in [2.05, 4.69) is 4.98 Å². The second-order valence-corrected chi connectivity index (χ2v) is 3.36. The fourth-order valence-corrected chi connectivity index (χ4v) is 0.991. The number of hydrogen-bond donors (Lipinski definition) is 2. The van der Waals surface area contributed by atoms with Crippen molar-refractivity contribution in [1.29, 1.82) is 0 Å². The van der Waals surface area contributed by atoms with Gasteiger partial charge in [-0.15, -0.1) is 0 Å². The number of nitrogens with one attached hydrogen (secondary N) is 1. The summed E-state index contributed by atoms with van der Waals surface area (Å²) in [4.78, 5) is 25.0. The molecule has 1 heterocycles. The molecule has 104 valence electrons. The maximum atomic E-state index is 11.8. The summed E-state index contributed by atoms with van der Waals surface area (Å²) >= 11 is 0. The van der Waals surface area contributed by atoms with Gasteiger partial charge in [-0.3, -0.25) is 4.79 Å². The van der Waals surface area contributed by atoms with E-state index in [-0.39, 0.29) is 11.4 Å². The van der Waals surface area contributed by atoms with Gasteiger partial charge in [-0.2, -0.15) is 13.2 Å². The third-order valence-electron chi connectivity index (χ3n) is 1.81. The third kappa shape index (κ3) is 5.70. The number of aromatic nitrogens is 1. The Balaban J connectivity index is 2.40. The lowest BCUT2D eigenvalue weighted by molar-refractivity contribution is -0.139. The largest absolute Gasteiger partial charge is 0.482 e. The van der Waals surface area contributed by atoms with Crippen LogP contribution in [0.25, 0.3) is 0 Å². The van der Waals surface area contributed by atoms with Crippen molar-refractivity contribution >= 4 is 11.9 Å². The van der Waals surface area contributed by atoms with Crippen LogP contribution in [0.4, 0.5) is 13.2 Å². The van der Waals surface area contributed by atoms with Crippen molar-refractivity contribution in [2.45, 2.75) is 6.18 Å². The first kappa shape index (κ1) is 14.7. The van der Waals surface area contributed by atoms with Gasteiger partial charge in [0.25, 0.3) is 5.91 Å². The number of alkyl halides is 3. The molecule has 0 saturated carbocycles. The maximum absolute atomic E-state index is 11.8. The lowest BCUT2D eigenvalue weighted by Crippen LogP contribution is -2.36. The summed E-state index contributed by atoms with van der Waals surface area (Å²) < 4.78 is 40.2. The van der Waals surface area contributed by atoms with Crippen LogP contribution in [0, 0.1) is 0 Å². The smallest absolute Gasteiger partial charge is 0.405 e. The van der Waals surface area contributed by atoms with Gasteiger partial charge in [0.1, 0.15) is 18.0 Å². The molecule has 0 aliphatic rings. The predicted molar refractivity (Wildman–Crippen MR) is 55.8 cm³/mol. The number of amides is 1. The van der Waals surface area contributed by atoms with E-state index >= 15 is 0 Å². The van der Waals surface area contributed by atoms with Crippen molar-refractivity contribution in [3.63, 3.8) is 0 Å². The number of carboxylic acids is 1. The summed E-state index contributed by atoms with van der Waals surface area (Å²) in [6.45, 7) is -2.06. The Bertz CT molecular complexity index is 459. The van der Waals surface area contributed by atoms with Crippen LogP contribution in [0.5, 0.6) is 5.75 Å². The van der Waals surface area contributed by atoms with Gasteiger partial charge < -0.3 is 15.2 Å². The normalized spacial score (nSPS) is 10.9.